The Morgan fingerprint density at radius 3 is 2.67 bits per heavy atom. The number of nitrogens with zero attached hydrogens (tertiary/aromatic N) is 2. The zero-order valence-corrected chi connectivity index (χ0v) is 18.6. The second-order valence-electron chi connectivity index (χ2n) is 9.33. The molecule has 0 bridgehead atoms. The number of rotatable bonds is 3. The molecule has 0 aromatic heterocycles. The lowest BCUT2D eigenvalue weighted by Crippen LogP contribution is -2.53. The van der Waals surface area contributed by atoms with Gasteiger partial charge in [-0.25, -0.2) is 0 Å². The van der Waals surface area contributed by atoms with Gasteiger partial charge < -0.3 is 15.1 Å². The van der Waals surface area contributed by atoms with E-state index in [2.05, 4.69) is 22.0 Å². The van der Waals surface area contributed by atoms with Gasteiger partial charge in [-0.2, -0.15) is 0 Å². The lowest BCUT2D eigenvalue weighted by molar-refractivity contribution is -0.147. The molecule has 0 spiro atoms. The van der Waals surface area contributed by atoms with E-state index in [1.165, 1.54) is 64.5 Å². The predicted octanol–water partition coefficient (Wildman–Crippen LogP) is 3.72. The molecule has 27 heavy (non-hydrogen) atoms. The maximum atomic E-state index is 13.5. The first kappa shape index (κ1) is 23.3. The summed E-state index contributed by atoms with van der Waals surface area (Å²) in [4.78, 5) is 18.5. The third-order valence-electron chi connectivity index (χ3n) is 7.70. The number of hydrogen-bond acceptors (Lipinski definition) is 3. The highest BCUT2D eigenvalue weighted by Crippen LogP contribution is 2.45. The van der Waals surface area contributed by atoms with Crippen LogP contribution in [0.5, 0.6) is 0 Å². The van der Waals surface area contributed by atoms with E-state index < -0.39 is 0 Å². The number of nitrogens with one attached hydrogen (secondary N) is 1. The minimum absolute atomic E-state index is 0. The van der Waals surface area contributed by atoms with Crippen LogP contribution < -0.4 is 5.32 Å². The predicted molar refractivity (Wildman–Crippen MR) is 116 cm³/mol. The Labute approximate surface area is 178 Å². The minimum atomic E-state index is -0.0570. The molecule has 158 valence electrons. The molecule has 4 fully saturated rings. The minimum Gasteiger partial charge on any atom is -0.342 e. The average molecular weight is 420 g/mol. The maximum Gasteiger partial charge on any atom is 0.230 e. The highest BCUT2D eigenvalue weighted by atomic mass is 35.5. The van der Waals surface area contributed by atoms with Gasteiger partial charge in [0.05, 0.1) is 5.41 Å². The van der Waals surface area contributed by atoms with E-state index in [0.29, 0.717) is 17.7 Å². The van der Waals surface area contributed by atoms with Crippen LogP contribution in [0.1, 0.15) is 64.7 Å². The average Bonchev–Trinajstić information content (AvgIpc) is 3.08. The zero-order chi connectivity index (χ0) is 17.3. The Bertz CT molecular complexity index is 492. The Morgan fingerprint density at radius 1 is 1.04 bits per heavy atom. The summed E-state index contributed by atoms with van der Waals surface area (Å²) in [5.41, 5.74) is -0.0570. The topological polar surface area (TPSA) is 35.6 Å². The number of halogens is 2. The van der Waals surface area contributed by atoms with Crippen LogP contribution in [-0.2, 0) is 4.79 Å². The fourth-order valence-corrected chi connectivity index (χ4v) is 6.14. The molecule has 1 amide bonds. The van der Waals surface area contributed by atoms with Crippen LogP contribution in [-0.4, -0.2) is 61.0 Å². The second kappa shape index (κ2) is 10.1. The summed E-state index contributed by atoms with van der Waals surface area (Å²) in [6, 6.07) is 0.736. The van der Waals surface area contributed by atoms with Gasteiger partial charge in [0.1, 0.15) is 0 Å². The number of piperidine rings is 2. The van der Waals surface area contributed by atoms with E-state index in [1.54, 1.807) is 0 Å². The molecule has 1 N–H and O–H groups in total. The van der Waals surface area contributed by atoms with Gasteiger partial charge in [-0.05, 0) is 70.4 Å². The van der Waals surface area contributed by atoms with Gasteiger partial charge in [0.25, 0.3) is 0 Å². The number of carbonyl (C=O) groups excluding carboxylic acids is 1. The van der Waals surface area contributed by atoms with Gasteiger partial charge in [0, 0.05) is 32.2 Å². The standard InChI is InChI=1S/C21H37N3O.2ClH/c1-17-7-3-5-11-23(17)14-18-8-6-12-24(15-18)20(25)21-10-4-2-9-19(21)13-22-16-21;;/h17-19,22H,2-16H2,1H3;2*1H/t17?,18?,19-,21+;;/m0../s1. The van der Waals surface area contributed by atoms with Crippen molar-refractivity contribution in [3.05, 3.63) is 0 Å². The molecule has 2 unspecified atom stereocenters. The third-order valence-corrected chi connectivity index (χ3v) is 7.70. The lowest BCUT2D eigenvalue weighted by Gasteiger charge is -2.44. The van der Waals surface area contributed by atoms with Gasteiger partial charge >= 0.3 is 0 Å². The van der Waals surface area contributed by atoms with Crippen LogP contribution in [0.2, 0.25) is 0 Å². The molecule has 0 aromatic carbocycles. The van der Waals surface area contributed by atoms with Crippen LogP contribution in [0, 0.1) is 17.3 Å². The van der Waals surface area contributed by atoms with Crippen LogP contribution >= 0.6 is 24.8 Å². The molecule has 6 heteroatoms. The van der Waals surface area contributed by atoms with Crippen LogP contribution in [0.15, 0.2) is 0 Å². The zero-order valence-electron chi connectivity index (χ0n) is 17.0. The summed E-state index contributed by atoms with van der Waals surface area (Å²) in [6.07, 6.45) is 11.5. The van der Waals surface area contributed by atoms with Crippen LogP contribution in [0.3, 0.4) is 0 Å². The van der Waals surface area contributed by atoms with Gasteiger partial charge in [0.15, 0.2) is 0 Å². The van der Waals surface area contributed by atoms with Gasteiger partial charge in [0.2, 0.25) is 5.91 Å². The van der Waals surface area contributed by atoms with Crippen molar-refractivity contribution in [2.75, 3.05) is 39.3 Å². The molecule has 1 saturated carbocycles. The number of likely N-dealkylation sites (tertiary alicyclic amines) is 2. The Kier molecular flexibility index (Phi) is 8.73. The molecule has 1 aliphatic carbocycles. The first-order valence-electron chi connectivity index (χ1n) is 10.9. The number of hydrogen-bond donors (Lipinski definition) is 1. The highest BCUT2D eigenvalue weighted by Gasteiger charge is 2.51. The first-order valence-corrected chi connectivity index (χ1v) is 10.9. The fraction of sp³-hybridized carbons (Fsp3) is 0.952. The van der Waals surface area contributed by atoms with E-state index >= 15 is 0 Å². The lowest BCUT2D eigenvalue weighted by atomic mass is 9.67. The molecule has 3 heterocycles. The van der Waals surface area contributed by atoms with E-state index in [-0.39, 0.29) is 30.2 Å². The molecule has 4 nitrogen and oxygen atoms in total. The second-order valence-corrected chi connectivity index (χ2v) is 9.33. The quantitative estimate of drug-likeness (QED) is 0.756. The van der Waals surface area contributed by atoms with Crippen molar-refractivity contribution in [2.45, 2.75) is 70.8 Å². The smallest absolute Gasteiger partial charge is 0.230 e. The van der Waals surface area contributed by atoms with Crippen molar-refractivity contribution in [3.8, 4) is 0 Å². The summed E-state index contributed by atoms with van der Waals surface area (Å²) in [5, 5.41) is 3.55. The van der Waals surface area contributed by atoms with Gasteiger partial charge in [-0.1, -0.05) is 19.3 Å². The molecule has 4 aliphatic rings. The highest BCUT2D eigenvalue weighted by molar-refractivity contribution is 5.85. The molecule has 3 aliphatic heterocycles. The fourth-order valence-electron chi connectivity index (χ4n) is 6.14. The molecule has 3 saturated heterocycles. The number of fused-ring (bicyclic) bond motifs is 1. The van der Waals surface area contributed by atoms with E-state index in [0.717, 1.165) is 38.6 Å². The Hall–Kier alpha value is -0.0300. The van der Waals surface area contributed by atoms with Gasteiger partial charge in [-0.3, -0.25) is 4.79 Å². The molecule has 4 atom stereocenters. The van der Waals surface area contributed by atoms with Crippen LogP contribution in [0.25, 0.3) is 0 Å². The maximum absolute atomic E-state index is 13.5. The molecule has 0 aromatic rings. The van der Waals surface area contributed by atoms with Crippen molar-refractivity contribution in [3.63, 3.8) is 0 Å². The summed E-state index contributed by atoms with van der Waals surface area (Å²) in [6.45, 7) is 8.87. The largest absolute Gasteiger partial charge is 0.342 e. The summed E-state index contributed by atoms with van der Waals surface area (Å²) in [5.74, 6) is 1.78. The summed E-state index contributed by atoms with van der Waals surface area (Å²) < 4.78 is 0. The molecule has 4 rings (SSSR count). The number of amides is 1. The molecule has 0 radical (unpaired) electrons. The van der Waals surface area contributed by atoms with Crippen LogP contribution in [0.4, 0.5) is 0 Å². The number of carbonyl (C=O) groups is 1. The van der Waals surface area contributed by atoms with E-state index in [9.17, 15) is 4.79 Å². The van der Waals surface area contributed by atoms with E-state index in [1.807, 2.05) is 0 Å². The Balaban J connectivity index is 0.00000131. The Morgan fingerprint density at radius 2 is 1.85 bits per heavy atom. The van der Waals surface area contributed by atoms with Crippen molar-refractivity contribution >= 4 is 30.7 Å². The van der Waals surface area contributed by atoms with Crippen molar-refractivity contribution in [1.29, 1.82) is 0 Å². The van der Waals surface area contributed by atoms with Crippen molar-refractivity contribution in [1.82, 2.24) is 15.1 Å². The third kappa shape index (κ3) is 4.76. The summed E-state index contributed by atoms with van der Waals surface area (Å²) in [7, 11) is 0. The normalized spacial score (nSPS) is 37.1. The monoisotopic (exact) mass is 419 g/mol. The van der Waals surface area contributed by atoms with Gasteiger partial charge in [-0.15, -0.1) is 24.8 Å². The summed E-state index contributed by atoms with van der Waals surface area (Å²) >= 11 is 0. The van der Waals surface area contributed by atoms with E-state index in [4.69, 9.17) is 0 Å². The van der Waals surface area contributed by atoms with Crippen molar-refractivity contribution < 1.29 is 4.79 Å². The SMILES string of the molecule is CC1CCCCN1CC1CCCN(C(=O)[C@@]23CCCC[C@H]2CNC3)C1.Cl.Cl. The molecular weight excluding hydrogens is 381 g/mol. The first-order chi connectivity index (χ1) is 12.2. The van der Waals surface area contributed by atoms with Crippen molar-refractivity contribution in [2.24, 2.45) is 17.3 Å². The molecular formula is C21H39Cl2N3O.